The van der Waals surface area contributed by atoms with Crippen molar-refractivity contribution in [3.8, 4) is 5.69 Å². The predicted molar refractivity (Wildman–Crippen MR) is 93.8 cm³/mol. The lowest BCUT2D eigenvalue weighted by Crippen LogP contribution is -2.39. The van der Waals surface area contributed by atoms with Gasteiger partial charge in [0.05, 0.1) is 28.9 Å². The normalized spacial score (nSPS) is 24.7. The van der Waals surface area contributed by atoms with E-state index in [9.17, 15) is 18.0 Å². The average Bonchev–Trinajstić information content (AvgIpc) is 3.07. The third-order valence-corrected chi connectivity index (χ3v) is 7.02. The average molecular weight is 361 g/mol. The van der Waals surface area contributed by atoms with E-state index in [-0.39, 0.29) is 35.3 Å². The molecule has 0 bridgehead atoms. The van der Waals surface area contributed by atoms with Crippen molar-refractivity contribution in [2.45, 2.75) is 19.4 Å². The second-order valence-corrected chi connectivity index (χ2v) is 8.94. The summed E-state index contributed by atoms with van der Waals surface area (Å²) >= 11 is 0. The van der Waals surface area contributed by atoms with Crippen LogP contribution in [0.1, 0.15) is 12.1 Å². The molecule has 2 atom stereocenters. The second-order valence-electron chi connectivity index (χ2n) is 6.78. The summed E-state index contributed by atoms with van der Waals surface area (Å²) in [5.41, 5.74) is 1.34. The summed E-state index contributed by atoms with van der Waals surface area (Å²) in [4.78, 5) is 27.1. The fourth-order valence-electron chi connectivity index (χ4n) is 4.01. The minimum absolute atomic E-state index is 0.0265. The molecule has 0 saturated carbocycles. The van der Waals surface area contributed by atoms with Gasteiger partial charge in [-0.05, 0) is 19.1 Å². The smallest absolute Gasteiger partial charge is 0.295 e. The molecular weight excluding hydrogens is 342 g/mol. The summed E-state index contributed by atoms with van der Waals surface area (Å²) < 4.78 is 27.1. The number of hydrogen-bond acceptors (Lipinski definition) is 4. The van der Waals surface area contributed by atoms with Crippen LogP contribution in [0.25, 0.3) is 5.69 Å². The molecule has 1 amide bonds. The maximum Gasteiger partial charge on any atom is 0.295 e. The number of carbonyl (C=O) groups is 1. The molecule has 0 spiro atoms. The van der Waals surface area contributed by atoms with Gasteiger partial charge in [0.2, 0.25) is 5.91 Å². The van der Waals surface area contributed by atoms with E-state index in [2.05, 4.69) is 0 Å². The minimum atomic E-state index is -3.16. The molecule has 7 nitrogen and oxygen atoms in total. The monoisotopic (exact) mass is 361 g/mol. The van der Waals surface area contributed by atoms with E-state index < -0.39 is 15.9 Å². The first-order valence-corrected chi connectivity index (χ1v) is 9.99. The number of nitrogens with zero attached hydrogens (tertiary/aromatic N) is 3. The number of rotatable bonds is 2. The summed E-state index contributed by atoms with van der Waals surface area (Å²) in [5, 5.41) is 0. The van der Waals surface area contributed by atoms with Gasteiger partial charge in [-0.25, -0.2) is 13.1 Å². The van der Waals surface area contributed by atoms with Gasteiger partial charge in [-0.2, -0.15) is 0 Å². The Hall–Kier alpha value is -2.35. The van der Waals surface area contributed by atoms with Crippen molar-refractivity contribution in [1.29, 1.82) is 0 Å². The van der Waals surface area contributed by atoms with E-state index in [0.717, 1.165) is 0 Å². The maximum atomic E-state index is 13.1. The molecular formula is C17H19N3O4S. The third kappa shape index (κ3) is 2.35. The van der Waals surface area contributed by atoms with Gasteiger partial charge < -0.3 is 4.90 Å². The standard InChI is InChI=1S/C17H19N3O4S/c1-11-16(17(22)20(18(11)2)13-6-4-3-5-7-13)19-14-10-25(23,24)9-12(14)8-15(19)21/h3-7,12,14H,8-10H2,1-2H3/t12-,14+/m0/s1. The van der Waals surface area contributed by atoms with Gasteiger partial charge in [-0.15, -0.1) is 0 Å². The van der Waals surface area contributed by atoms with Crippen LogP contribution in [0.5, 0.6) is 0 Å². The Morgan fingerprint density at radius 3 is 2.44 bits per heavy atom. The number of hydrogen-bond donors (Lipinski definition) is 0. The molecule has 4 rings (SSSR count). The zero-order chi connectivity index (χ0) is 17.9. The van der Waals surface area contributed by atoms with Gasteiger partial charge in [0, 0.05) is 19.4 Å². The summed E-state index contributed by atoms with van der Waals surface area (Å²) in [5.74, 6) is -0.432. The molecule has 2 aliphatic heterocycles. The number of sulfone groups is 1. The van der Waals surface area contributed by atoms with Crippen molar-refractivity contribution in [2.75, 3.05) is 16.4 Å². The Labute approximate surface area is 145 Å². The Bertz CT molecular complexity index is 1020. The van der Waals surface area contributed by atoms with Crippen LogP contribution >= 0.6 is 0 Å². The number of benzene rings is 1. The first-order valence-electron chi connectivity index (χ1n) is 8.16. The Morgan fingerprint density at radius 2 is 1.76 bits per heavy atom. The fraction of sp³-hybridized carbons (Fsp3) is 0.412. The fourth-order valence-corrected chi connectivity index (χ4v) is 6.08. The molecule has 2 aromatic rings. The van der Waals surface area contributed by atoms with Crippen molar-refractivity contribution < 1.29 is 13.2 Å². The van der Waals surface area contributed by atoms with Crippen LogP contribution in [-0.4, -0.2) is 41.2 Å². The first kappa shape index (κ1) is 16.1. The van der Waals surface area contributed by atoms with E-state index >= 15 is 0 Å². The van der Waals surface area contributed by atoms with Crippen molar-refractivity contribution in [1.82, 2.24) is 9.36 Å². The summed E-state index contributed by atoms with van der Waals surface area (Å²) in [6.07, 6.45) is 0.184. The SMILES string of the molecule is Cc1c(N2C(=O)C[C@H]3CS(=O)(=O)C[C@H]32)c(=O)n(-c2ccccc2)n1C. The molecule has 0 aliphatic carbocycles. The van der Waals surface area contributed by atoms with Gasteiger partial charge in [0.15, 0.2) is 9.84 Å². The van der Waals surface area contributed by atoms with Crippen LogP contribution in [0, 0.1) is 12.8 Å². The lowest BCUT2D eigenvalue weighted by Gasteiger charge is -2.21. The van der Waals surface area contributed by atoms with E-state index in [0.29, 0.717) is 17.1 Å². The predicted octanol–water partition coefficient (Wildman–Crippen LogP) is 0.634. The molecule has 2 aliphatic rings. The van der Waals surface area contributed by atoms with Gasteiger partial charge >= 0.3 is 0 Å². The Balaban J connectivity index is 1.87. The summed E-state index contributed by atoms with van der Waals surface area (Å²) in [6, 6.07) is 8.74. The van der Waals surface area contributed by atoms with Crippen LogP contribution in [0.4, 0.5) is 5.69 Å². The van der Waals surface area contributed by atoms with Gasteiger partial charge in [0.25, 0.3) is 5.56 Å². The zero-order valence-corrected chi connectivity index (χ0v) is 14.9. The van der Waals surface area contributed by atoms with Crippen molar-refractivity contribution in [2.24, 2.45) is 13.0 Å². The van der Waals surface area contributed by atoms with Crippen LogP contribution < -0.4 is 10.5 Å². The quantitative estimate of drug-likeness (QED) is 0.786. The van der Waals surface area contributed by atoms with Crippen molar-refractivity contribution >= 4 is 21.4 Å². The molecule has 1 aromatic heterocycles. The molecule has 0 N–H and O–H groups in total. The van der Waals surface area contributed by atoms with Crippen molar-refractivity contribution in [3.63, 3.8) is 0 Å². The highest BCUT2D eigenvalue weighted by molar-refractivity contribution is 7.91. The summed E-state index contributed by atoms with van der Waals surface area (Å²) in [7, 11) is -1.40. The van der Waals surface area contributed by atoms with Crippen molar-refractivity contribution in [3.05, 3.63) is 46.4 Å². The van der Waals surface area contributed by atoms with Crippen LogP contribution in [0.15, 0.2) is 35.1 Å². The molecule has 132 valence electrons. The Kier molecular flexibility index (Phi) is 3.44. The second kappa shape index (κ2) is 5.32. The largest absolute Gasteiger partial charge is 0.302 e. The van der Waals surface area contributed by atoms with Crippen LogP contribution in [-0.2, 0) is 21.7 Å². The molecule has 0 unspecified atom stereocenters. The van der Waals surface area contributed by atoms with Gasteiger partial charge in [-0.3, -0.25) is 14.3 Å². The Morgan fingerprint density at radius 1 is 1.08 bits per heavy atom. The topological polar surface area (TPSA) is 81.4 Å². The lowest BCUT2D eigenvalue weighted by atomic mass is 10.1. The minimum Gasteiger partial charge on any atom is -0.302 e. The van der Waals surface area contributed by atoms with Crippen LogP contribution in [0.2, 0.25) is 0 Å². The molecule has 2 saturated heterocycles. The zero-order valence-electron chi connectivity index (χ0n) is 14.0. The highest BCUT2D eigenvalue weighted by Gasteiger charge is 2.50. The number of aromatic nitrogens is 2. The van der Waals surface area contributed by atoms with E-state index in [4.69, 9.17) is 0 Å². The highest BCUT2D eigenvalue weighted by Crippen LogP contribution is 2.37. The molecule has 0 radical (unpaired) electrons. The third-order valence-electron chi connectivity index (χ3n) is 5.24. The number of amides is 1. The number of carbonyl (C=O) groups excluding carboxylic acids is 1. The molecule has 2 fully saturated rings. The number of anilines is 1. The summed E-state index contributed by atoms with van der Waals surface area (Å²) in [6.45, 7) is 1.78. The number of fused-ring (bicyclic) bond motifs is 1. The van der Waals surface area contributed by atoms with E-state index in [1.807, 2.05) is 30.3 Å². The van der Waals surface area contributed by atoms with Gasteiger partial charge in [0.1, 0.15) is 5.69 Å². The number of para-hydroxylation sites is 1. The highest BCUT2D eigenvalue weighted by atomic mass is 32.2. The maximum absolute atomic E-state index is 13.1. The molecule has 8 heteroatoms. The van der Waals surface area contributed by atoms with Gasteiger partial charge in [-0.1, -0.05) is 18.2 Å². The lowest BCUT2D eigenvalue weighted by molar-refractivity contribution is -0.117. The van der Waals surface area contributed by atoms with E-state index in [1.165, 1.54) is 9.58 Å². The van der Waals surface area contributed by atoms with Crippen LogP contribution in [0.3, 0.4) is 0 Å². The first-order chi connectivity index (χ1) is 11.8. The molecule has 3 heterocycles. The molecule has 1 aromatic carbocycles. The molecule has 25 heavy (non-hydrogen) atoms. The van der Waals surface area contributed by atoms with E-state index in [1.54, 1.807) is 18.7 Å².